The van der Waals surface area contributed by atoms with Gasteiger partial charge in [-0.3, -0.25) is 0 Å². The first-order valence-electron chi connectivity index (χ1n) is 4.98. The monoisotopic (exact) mass is 248 g/mol. The third-order valence-corrected chi connectivity index (χ3v) is 4.41. The van der Waals surface area contributed by atoms with Crippen molar-refractivity contribution in [1.29, 1.82) is 0 Å². The van der Waals surface area contributed by atoms with E-state index in [9.17, 15) is 26.3 Å². The first kappa shape index (κ1) is 13.6. The lowest BCUT2D eigenvalue weighted by Crippen LogP contribution is -2.44. The molecule has 1 fully saturated rings. The van der Waals surface area contributed by atoms with Gasteiger partial charge >= 0.3 is 12.4 Å². The normalized spacial score (nSPS) is 34.3. The summed E-state index contributed by atoms with van der Waals surface area (Å²) in [7, 11) is 0. The van der Waals surface area contributed by atoms with Gasteiger partial charge in [0.15, 0.2) is 5.41 Å². The molecule has 2 atom stereocenters. The minimum absolute atomic E-state index is 0.675. The van der Waals surface area contributed by atoms with Crippen molar-refractivity contribution in [2.24, 2.45) is 22.7 Å². The second-order valence-corrected chi connectivity index (χ2v) is 4.96. The third kappa shape index (κ3) is 1.19. The average Bonchev–Trinajstić information content (AvgIpc) is 2.49. The van der Waals surface area contributed by atoms with Crippen LogP contribution in [0, 0.1) is 22.7 Å². The molecule has 0 aliphatic heterocycles. The molecule has 0 aromatic heterocycles. The average molecular weight is 248 g/mol. The molecule has 0 saturated heterocycles. The van der Waals surface area contributed by atoms with Crippen LogP contribution in [-0.2, 0) is 0 Å². The molecule has 0 nitrogen and oxygen atoms in total. The predicted octanol–water partition coefficient (Wildman–Crippen LogP) is 4.41. The summed E-state index contributed by atoms with van der Waals surface area (Å²) >= 11 is 0. The molecule has 0 spiro atoms. The van der Waals surface area contributed by atoms with Crippen LogP contribution in [0.1, 0.15) is 27.7 Å². The Hall–Kier alpha value is -0.420. The minimum Gasteiger partial charge on any atom is -0.170 e. The van der Waals surface area contributed by atoms with E-state index in [1.54, 1.807) is 0 Å². The highest BCUT2D eigenvalue weighted by atomic mass is 19.4. The van der Waals surface area contributed by atoms with E-state index in [2.05, 4.69) is 0 Å². The lowest BCUT2D eigenvalue weighted by Gasteiger charge is -2.29. The molecule has 1 aliphatic rings. The van der Waals surface area contributed by atoms with E-state index < -0.39 is 35.0 Å². The summed E-state index contributed by atoms with van der Waals surface area (Å²) in [6.07, 6.45) is -10.5. The Morgan fingerprint density at radius 1 is 0.938 bits per heavy atom. The van der Waals surface area contributed by atoms with Gasteiger partial charge < -0.3 is 0 Å². The molecule has 1 rings (SSSR count). The number of hydrogen-bond acceptors (Lipinski definition) is 0. The molecule has 0 amide bonds. The van der Waals surface area contributed by atoms with Crippen LogP contribution in [0.3, 0.4) is 0 Å². The van der Waals surface area contributed by atoms with Crippen molar-refractivity contribution < 1.29 is 26.3 Å². The van der Waals surface area contributed by atoms with E-state index in [-0.39, 0.29) is 0 Å². The molecule has 0 aromatic carbocycles. The Morgan fingerprint density at radius 2 is 1.25 bits per heavy atom. The van der Waals surface area contributed by atoms with Gasteiger partial charge in [-0.05, 0) is 17.3 Å². The van der Waals surface area contributed by atoms with Gasteiger partial charge in [0.2, 0.25) is 0 Å². The highest BCUT2D eigenvalue weighted by Crippen LogP contribution is 2.83. The Labute approximate surface area is 90.0 Å². The van der Waals surface area contributed by atoms with E-state index in [0.29, 0.717) is 0 Å². The van der Waals surface area contributed by atoms with E-state index in [0.717, 1.165) is 13.8 Å². The molecular formula is C10H14F6. The van der Waals surface area contributed by atoms with Crippen LogP contribution in [0.15, 0.2) is 0 Å². The van der Waals surface area contributed by atoms with Crippen molar-refractivity contribution in [3.63, 3.8) is 0 Å². The number of rotatable bonds is 1. The van der Waals surface area contributed by atoms with Crippen molar-refractivity contribution in [2.75, 3.05) is 0 Å². The first-order chi connectivity index (χ1) is 6.85. The smallest absolute Gasteiger partial charge is 0.170 e. The fourth-order valence-corrected chi connectivity index (χ4v) is 3.09. The summed E-state index contributed by atoms with van der Waals surface area (Å²) in [6, 6.07) is 0. The van der Waals surface area contributed by atoms with Crippen LogP contribution in [-0.4, -0.2) is 12.4 Å². The van der Waals surface area contributed by atoms with Crippen LogP contribution >= 0.6 is 0 Å². The molecule has 16 heavy (non-hydrogen) atoms. The molecule has 6 heteroatoms. The summed E-state index contributed by atoms with van der Waals surface area (Å²) in [5.41, 5.74) is -5.30. The SMILES string of the molecule is CC(C)C1(C)C(C)C1(C(F)(F)F)C(F)(F)F. The van der Waals surface area contributed by atoms with Crippen LogP contribution in [0.25, 0.3) is 0 Å². The molecule has 96 valence electrons. The zero-order valence-corrected chi connectivity index (χ0v) is 9.42. The molecule has 0 heterocycles. The summed E-state index contributed by atoms with van der Waals surface area (Å²) in [5, 5.41) is 0. The molecule has 0 radical (unpaired) electrons. The maximum atomic E-state index is 12.8. The highest BCUT2D eigenvalue weighted by Gasteiger charge is 2.93. The summed E-state index contributed by atoms with van der Waals surface area (Å²) in [5.74, 6) is -2.11. The summed E-state index contributed by atoms with van der Waals surface area (Å²) in [4.78, 5) is 0. The Morgan fingerprint density at radius 3 is 1.31 bits per heavy atom. The molecule has 1 saturated carbocycles. The fraction of sp³-hybridized carbons (Fsp3) is 1.00. The van der Waals surface area contributed by atoms with Crippen LogP contribution in [0.4, 0.5) is 26.3 Å². The van der Waals surface area contributed by atoms with E-state index in [1.807, 2.05) is 0 Å². The van der Waals surface area contributed by atoms with Gasteiger partial charge in [0.1, 0.15) is 0 Å². The van der Waals surface area contributed by atoms with E-state index in [4.69, 9.17) is 0 Å². The van der Waals surface area contributed by atoms with Gasteiger partial charge in [0.05, 0.1) is 0 Å². The maximum Gasteiger partial charge on any atom is 0.404 e. The molecular weight excluding hydrogens is 234 g/mol. The van der Waals surface area contributed by atoms with Gasteiger partial charge in [0, 0.05) is 0 Å². The standard InChI is InChI=1S/C10H14F6/c1-5(2)7(4)6(3)8(7,9(11,12)13)10(14,15)16/h5-6H,1-4H3. The van der Waals surface area contributed by atoms with Gasteiger partial charge in [-0.25, -0.2) is 0 Å². The van der Waals surface area contributed by atoms with Crippen LogP contribution < -0.4 is 0 Å². The number of halogens is 6. The number of alkyl halides is 6. The molecule has 2 unspecified atom stereocenters. The van der Waals surface area contributed by atoms with Crippen molar-refractivity contribution in [2.45, 2.75) is 40.0 Å². The van der Waals surface area contributed by atoms with Crippen molar-refractivity contribution >= 4 is 0 Å². The summed E-state index contributed by atoms with van der Waals surface area (Å²) in [6.45, 7) is 4.90. The van der Waals surface area contributed by atoms with Crippen molar-refractivity contribution in [3.05, 3.63) is 0 Å². The Bertz CT molecular complexity index is 273. The molecule has 0 N–H and O–H groups in total. The van der Waals surface area contributed by atoms with Crippen LogP contribution in [0.5, 0.6) is 0 Å². The lowest BCUT2D eigenvalue weighted by atomic mass is 9.84. The lowest BCUT2D eigenvalue weighted by molar-refractivity contribution is -0.317. The Balaban J connectivity index is 3.35. The maximum absolute atomic E-state index is 12.8. The fourth-order valence-electron chi connectivity index (χ4n) is 3.09. The second-order valence-electron chi connectivity index (χ2n) is 4.96. The van der Waals surface area contributed by atoms with Gasteiger partial charge in [0.25, 0.3) is 0 Å². The van der Waals surface area contributed by atoms with Gasteiger partial charge in [-0.2, -0.15) is 26.3 Å². The van der Waals surface area contributed by atoms with Gasteiger partial charge in [-0.1, -0.05) is 27.7 Å². The number of hydrogen-bond donors (Lipinski definition) is 0. The first-order valence-corrected chi connectivity index (χ1v) is 4.98. The van der Waals surface area contributed by atoms with Crippen molar-refractivity contribution in [1.82, 2.24) is 0 Å². The second kappa shape index (κ2) is 3.07. The van der Waals surface area contributed by atoms with Gasteiger partial charge in [-0.15, -0.1) is 0 Å². The Kier molecular flexibility index (Phi) is 2.62. The molecule has 0 bridgehead atoms. The van der Waals surface area contributed by atoms with E-state index in [1.165, 1.54) is 13.8 Å². The zero-order valence-electron chi connectivity index (χ0n) is 9.42. The molecule has 0 aromatic rings. The predicted molar refractivity (Wildman–Crippen MR) is 46.7 cm³/mol. The van der Waals surface area contributed by atoms with Crippen LogP contribution in [0.2, 0.25) is 0 Å². The molecule has 1 aliphatic carbocycles. The van der Waals surface area contributed by atoms with E-state index >= 15 is 0 Å². The topological polar surface area (TPSA) is 0 Å². The quantitative estimate of drug-likeness (QED) is 0.603. The minimum atomic E-state index is -5.25. The summed E-state index contributed by atoms with van der Waals surface area (Å²) < 4.78 is 76.7. The van der Waals surface area contributed by atoms with Crippen molar-refractivity contribution in [3.8, 4) is 0 Å². The third-order valence-electron chi connectivity index (χ3n) is 4.41. The zero-order chi connectivity index (χ0) is 13.2. The highest BCUT2D eigenvalue weighted by molar-refractivity contribution is 5.25. The largest absolute Gasteiger partial charge is 0.404 e.